The third-order valence-corrected chi connectivity index (χ3v) is 5.26. The number of alkyl halides is 3. The largest absolute Gasteiger partial charge is 0.573 e. The van der Waals surface area contributed by atoms with Gasteiger partial charge in [-0.05, 0) is 48.7 Å². The number of hydrogen-bond donors (Lipinski definition) is 2. The number of aliphatic hydroxyl groups is 2. The van der Waals surface area contributed by atoms with E-state index < -0.39 is 19.1 Å². The van der Waals surface area contributed by atoms with E-state index in [4.69, 9.17) is 0 Å². The van der Waals surface area contributed by atoms with Crippen molar-refractivity contribution in [2.75, 3.05) is 19.7 Å². The normalized spacial score (nSPS) is 15.0. The first-order chi connectivity index (χ1) is 15.7. The smallest absolute Gasteiger partial charge is 0.406 e. The van der Waals surface area contributed by atoms with E-state index in [1.165, 1.54) is 23.0 Å². The summed E-state index contributed by atoms with van der Waals surface area (Å²) < 4.78 is 42.8. The number of hydrogen-bond acceptors (Lipinski definition) is 6. The van der Waals surface area contributed by atoms with Gasteiger partial charge in [-0.15, -0.1) is 13.2 Å². The van der Waals surface area contributed by atoms with Crippen LogP contribution in [0, 0.1) is 11.8 Å². The van der Waals surface area contributed by atoms with Gasteiger partial charge in [-0.2, -0.15) is 5.10 Å². The Kier molecular flexibility index (Phi) is 5.97. The summed E-state index contributed by atoms with van der Waals surface area (Å²) in [5, 5.41) is 25.0. The Balaban J connectivity index is 1.75. The van der Waals surface area contributed by atoms with E-state index in [9.17, 15) is 28.2 Å². The molecule has 172 valence electrons. The highest BCUT2D eigenvalue weighted by Gasteiger charge is 2.36. The lowest BCUT2D eigenvalue weighted by Crippen LogP contribution is -2.48. The molecule has 1 aromatic carbocycles. The Labute approximate surface area is 186 Å². The fourth-order valence-electron chi connectivity index (χ4n) is 3.73. The number of likely N-dealkylation sites (tertiary alicyclic amines) is 1. The van der Waals surface area contributed by atoms with Crippen LogP contribution in [0.15, 0.2) is 36.5 Å². The summed E-state index contributed by atoms with van der Waals surface area (Å²) in [6.45, 7) is 1.78. The maximum atomic E-state index is 12.5. The summed E-state index contributed by atoms with van der Waals surface area (Å²) in [4.78, 5) is 17.9. The number of aliphatic hydroxyl groups excluding tert-OH is 2. The Morgan fingerprint density at radius 2 is 1.97 bits per heavy atom. The summed E-state index contributed by atoms with van der Waals surface area (Å²) in [6, 6.07) is 6.71. The molecule has 1 amide bonds. The molecule has 4 rings (SSSR count). The van der Waals surface area contributed by atoms with Crippen molar-refractivity contribution in [2.45, 2.75) is 25.3 Å². The van der Waals surface area contributed by atoms with Gasteiger partial charge in [0, 0.05) is 30.6 Å². The number of benzene rings is 1. The molecule has 2 N–H and O–H groups in total. The second-order valence-electron chi connectivity index (χ2n) is 7.42. The van der Waals surface area contributed by atoms with Crippen LogP contribution in [-0.4, -0.2) is 61.8 Å². The number of pyridine rings is 1. The zero-order valence-electron chi connectivity index (χ0n) is 17.4. The van der Waals surface area contributed by atoms with Crippen molar-refractivity contribution >= 4 is 16.9 Å². The van der Waals surface area contributed by atoms with Gasteiger partial charge in [-0.1, -0.05) is 5.92 Å². The highest BCUT2D eigenvalue weighted by Crippen LogP contribution is 2.36. The van der Waals surface area contributed by atoms with Gasteiger partial charge in [0.05, 0.1) is 18.0 Å². The molecule has 8 nitrogen and oxygen atoms in total. The number of amides is 1. The second kappa shape index (κ2) is 8.73. The molecule has 11 heteroatoms. The fraction of sp³-hybridized carbons (Fsp3) is 0.318. The lowest BCUT2D eigenvalue weighted by Gasteiger charge is -2.37. The molecular formula is C22H19F3N4O4. The van der Waals surface area contributed by atoms with E-state index in [1.54, 1.807) is 17.9 Å². The van der Waals surface area contributed by atoms with Gasteiger partial charge in [-0.25, -0.2) is 9.67 Å². The van der Waals surface area contributed by atoms with E-state index in [0.717, 1.165) is 12.1 Å². The minimum absolute atomic E-state index is 0.168. The standard InChI is InChI=1S/C22H19F3N4O4/c1-2-3-18(32)28-10-13(11-28)20-19-16(17(31)12-30)8-9-26-21(19)29(27-20)14-4-6-15(7-5-14)33-22(23,24)25/h4-9,13,17,30-31H,10-12H2,1H3/t17-/m0/s1. The predicted molar refractivity (Wildman–Crippen MR) is 110 cm³/mol. The maximum absolute atomic E-state index is 12.5. The number of fused-ring (bicyclic) bond motifs is 1. The summed E-state index contributed by atoms with van der Waals surface area (Å²) in [5.41, 5.74) is 1.76. The van der Waals surface area contributed by atoms with Crippen molar-refractivity contribution in [2.24, 2.45) is 0 Å². The minimum atomic E-state index is -4.81. The average Bonchev–Trinajstić information content (AvgIpc) is 3.11. The van der Waals surface area contributed by atoms with Crippen LogP contribution in [0.4, 0.5) is 13.2 Å². The van der Waals surface area contributed by atoms with E-state index in [-0.39, 0.29) is 17.6 Å². The number of aromatic nitrogens is 3. The van der Waals surface area contributed by atoms with E-state index >= 15 is 0 Å². The Morgan fingerprint density at radius 3 is 2.58 bits per heavy atom. The Hall–Kier alpha value is -3.62. The zero-order valence-corrected chi connectivity index (χ0v) is 17.4. The van der Waals surface area contributed by atoms with Crippen molar-refractivity contribution < 1.29 is 32.9 Å². The molecule has 2 aromatic heterocycles. The number of rotatable bonds is 5. The lowest BCUT2D eigenvalue weighted by atomic mass is 9.92. The van der Waals surface area contributed by atoms with E-state index in [1.807, 2.05) is 0 Å². The van der Waals surface area contributed by atoms with Gasteiger partial charge in [-0.3, -0.25) is 4.79 Å². The van der Waals surface area contributed by atoms with Crippen LogP contribution < -0.4 is 4.74 Å². The van der Waals surface area contributed by atoms with Crippen LogP contribution in [0.2, 0.25) is 0 Å². The first-order valence-corrected chi connectivity index (χ1v) is 9.96. The summed E-state index contributed by atoms with van der Waals surface area (Å²) >= 11 is 0. The van der Waals surface area contributed by atoms with Gasteiger partial charge in [0.25, 0.3) is 5.91 Å². The van der Waals surface area contributed by atoms with Crippen molar-refractivity contribution in [3.63, 3.8) is 0 Å². The number of carbonyl (C=O) groups is 1. The van der Waals surface area contributed by atoms with Gasteiger partial charge in [0.15, 0.2) is 5.65 Å². The average molecular weight is 460 g/mol. The first-order valence-electron chi connectivity index (χ1n) is 9.96. The molecule has 1 fully saturated rings. The highest BCUT2D eigenvalue weighted by molar-refractivity contribution is 5.94. The highest BCUT2D eigenvalue weighted by atomic mass is 19.4. The number of nitrogens with zero attached hydrogens (tertiary/aromatic N) is 4. The SMILES string of the molecule is CC#CC(=O)N1CC(c2nn(-c3ccc(OC(F)(F)F)cc3)c3nccc([C@@H](O)CO)c23)C1. The summed E-state index contributed by atoms with van der Waals surface area (Å²) in [5.74, 6) is 4.20. The van der Waals surface area contributed by atoms with Crippen molar-refractivity contribution in [3.05, 3.63) is 47.8 Å². The monoisotopic (exact) mass is 460 g/mol. The fourth-order valence-corrected chi connectivity index (χ4v) is 3.73. The van der Waals surface area contributed by atoms with Crippen molar-refractivity contribution in [3.8, 4) is 23.3 Å². The van der Waals surface area contributed by atoms with Gasteiger partial charge in [0.1, 0.15) is 11.9 Å². The topological polar surface area (TPSA) is 101 Å². The molecule has 1 aliphatic rings. The Morgan fingerprint density at radius 1 is 1.27 bits per heavy atom. The molecule has 1 atom stereocenters. The van der Waals surface area contributed by atoms with E-state index in [0.29, 0.717) is 41.1 Å². The van der Waals surface area contributed by atoms with Crippen molar-refractivity contribution in [1.29, 1.82) is 0 Å². The van der Waals surface area contributed by atoms with E-state index in [2.05, 4.69) is 26.7 Å². The summed E-state index contributed by atoms with van der Waals surface area (Å²) in [7, 11) is 0. The van der Waals surface area contributed by atoms with Gasteiger partial charge >= 0.3 is 6.36 Å². The third kappa shape index (κ3) is 4.48. The number of ether oxygens (including phenoxy) is 1. The maximum Gasteiger partial charge on any atom is 0.573 e. The number of halogens is 3. The lowest BCUT2D eigenvalue weighted by molar-refractivity contribution is -0.274. The molecule has 3 aromatic rings. The third-order valence-electron chi connectivity index (χ3n) is 5.26. The van der Waals surface area contributed by atoms with Crippen LogP contribution in [0.25, 0.3) is 16.7 Å². The molecule has 3 heterocycles. The molecule has 1 saturated heterocycles. The Bertz CT molecular complexity index is 1240. The predicted octanol–water partition coefficient (Wildman–Crippen LogP) is 2.29. The van der Waals surface area contributed by atoms with Crippen molar-refractivity contribution in [1.82, 2.24) is 19.7 Å². The van der Waals surface area contributed by atoms with Gasteiger partial charge in [0.2, 0.25) is 0 Å². The molecule has 0 saturated carbocycles. The van der Waals surface area contributed by atoms with Crippen LogP contribution in [0.5, 0.6) is 5.75 Å². The quantitative estimate of drug-likeness (QED) is 0.567. The molecule has 33 heavy (non-hydrogen) atoms. The number of carbonyl (C=O) groups excluding carboxylic acids is 1. The van der Waals surface area contributed by atoms with Gasteiger partial charge < -0.3 is 19.8 Å². The molecule has 0 unspecified atom stereocenters. The van der Waals surface area contributed by atoms with Crippen LogP contribution in [0.1, 0.15) is 30.2 Å². The second-order valence-corrected chi connectivity index (χ2v) is 7.42. The molecule has 0 spiro atoms. The molecule has 0 radical (unpaired) electrons. The first kappa shape index (κ1) is 22.6. The minimum Gasteiger partial charge on any atom is -0.406 e. The molecule has 0 bridgehead atoms. The molecular weight excluding hydrogens is 441 g/mol. The van der Waals surface area contributed by atoms with Crippen LogP contribution in [-0.2, 0) is 4.79 Å². The zero-order chi connectivity index (χ0) is 23.8. The molecule has 0 aliphatic carbocycles. The molecule has 1 aliphatic heterocycles. The van der Waals surface area contributed by atoms with Crippen LogP contribution >= 0.6 is 0 Å². The summed E-state index contributed by atoms with van der Waals surface area (Å²) in [6.07, 6.45) is -4.54. The van der Waals surface area contributed by atoms with Crippen LogP contribution in [0.3, 0.4) is 0 Å².